The van der Waals surface area contributed by atoms with Crippen LogP contribution in [0, 0.1) is 0 Å². The summed E-state index contributed by atoms with van der Waals surface area (Å²) in [7, 11) is 0. The number of rotatable bonds is 3. The summed E-state index contributed by atoms with van der Waals surface area (Å²) in [5.41, 5.74) is -0.0977. The van der Waals surface area contributed by atoms with Gasteiger partial charge in [0, 0.05) is 25.1 Å². The van der Waals surface area contributed by atoms with Crippen LogP contribution in [0.2, 0.25) is 0 Å². The molecule has 1 saturated heterocycles. The van der Waals surface area contributed by atoms with Gasteiger partial charge < -0.3 is 15.0 Å². The lowest BCUT2D eigenvalue weighted by molar-refractivity contribution is 0.0232. The lowest BCUT2D eigenvalue weighted by atomic mass is 10.0. The fourth-order valence-corrected chi connectivity index (χ4v) is 2.09. The van der Waals surface area contributed by atoms with Gasteiger partial charge in [-0.05, 0) is 19.8 Å². The van der Waals surface area contributed by atoms with Crippen molar-refractivity contribution in [1.29, 1.82) is 0 Å². The largest absolute Gasteiger partial charge is 0.378 e. The highest BCUT2D eigenvalue weighted by molar-refractivity contribution is 5.34. The van der Waals surface area contributed by atoms with Gasteiger partial charge in [0.2, 0.25) is 0 Å². The first-order valence-corrected chi connectivity index (χ1v) is 6.15. The van der Waals surface area contributed by atoms with Crippen molar-refractivity contribution in [3.05, 3.63) is 22.2 Å². The van der Waals surface area contributed by atoms with Gasteiger partial charge in [0.15, 0.2) is 0 Å². The van der Waals surface area contributed by atoms with Crippen LogP contribution in [0.3, 0.4) is 0 Å². The second-order valence-electron chi connectivity index (χ2n) is 4.48. The van der Waals surface area contributed by atoms with Crippen molar-refractivity contribution in [3.8, 4) is 0 Å². The Hall–Kier alpha value is -1.36. The first-order valence-electron chi connectivity index (χ1n) is 6.15. The van der Waals surface area contributed by atoms with E-state index in [1.165, 1.54) is 6.07 Å². The first-order chi connectivity index (χ1) is 8.17. The molecule has 0 aliphatic carbocycles. The van der Waals surface area contributed by atoms with Crippen LogP contribution in [0.15, 0.2) is 10.9 Å². The average molecular weight is 237 g/mol. The Bertz CT molecular complexity index is 430. The summed E-state index contributed by atoms with van der Waals surface area (Å²) in [4.78, 5) is 18.5. The Kier molecular flexibility index (Phi) is 3.78. The summed E-state index contributed by atoms with van der Waals surface area (Å²) < 4.78 is 5.49. The van der Waals surface area contributed by atoms with E-state index >= 15 is 0 Å². The second kappa shape index (κ2) is 5.31. The third kappa shape index (κ3) is 3.30. The van der Waals surface area contributed by atoms with Crippen LogP contribution in [0.4, 0.5) is 5.82 Å². The average Bonchev–Trinajstić information content (AvgIpc) is 2.28. The molecular weight excluding hydrogens is 218 g/mol. The molecule has 1 fully saturated rings. The molecule has 5 heteroatoms. The van der Waals surface area contributed by atoms with Gasteiger partial charge in [0.1, 0.15) is 11.6 Å². The van der Waals surface area contributed by atoms with Crippen molar-refractivity contribution >= 4 is 5.82 Å². The number of aromatic amines is 1. The lowest BCUT2D eigenvalue weighted by Crippen LogP contribution is -2.33. The van der Waals surface area contributed by atoms with Crippen molar-refractivity contribution in [1.82, 2.24) is 9.97 Å². The molecule has 2 heterocycles. The maximum absolute atomic E-state index is 11.4. The molecule has 17 heavy (non-hydrogen) atoms. The molecule has 0 amide bonds. The molecule has 0 aromatic carbocycles. The number of H-pyrrole nitrogens is 1. The van der Waals surface area contributed by atoms with Crippen LogP contribution < -0.4 is 10.9 Å². The topological polar surface area (TPSA) is 67.0 Å². The molecule has 2 atom stereocenters. The lowest BCUT2D eigenvalue weighted by Gasteiger charge is -2.28. The van der Waals surface area contributed by atoms with E-state index in [0.717, 1.165) is 31.7 Å². The normalized spacial score (nSPS) is 24.6. The molecule has 0 saturated carbocycles. The molecule has 1 aliphatic heterocycles. The van der Waals surface area contributed by atoms with Crippen molar-refractivity contribution in [2.45, 2.75) is 45.3 Å². The zero-order valence-corrected chi connectivity index (χ0v) is 10.3. The van der Waals surface area contributed by atoms with Crippen molar-refractivity contribution in [2.75, 3.05) is 11.9 Å². The maximum atomic E-state index is 11.4. The third-order valence-corrected chi connectivity index (χ3v) is 2.96. The number of ether oxygens (including phenoxy) is 1. The number of nitrogens with zero attached hydrogens (tertiary/aromatic N) is 1. The fraction of sp³-hybridized carbons (Fsp3) is 0.667. The summed E-state index contributed by atoms with van der Waals surface area (Å²) >= 11 is 0. The molecule has 2 rings (SSSR count). The Morgan fingerprint density at radius 2 is 2.47 bits per heavy atom. The zero-order chi connectivity index (χ0) is 12.3. The minimum Gasteiger partial charge on any atom is -0.378 e. The number of aryl methyl sites for hydroxylation is 1. The first kappa shape index (κ1) is 12.1. The van der Waals surface area contributed by atoms with E-state index in [-0.39, 0.29) is 11.7 Å². The summed E-state index contributed by atoms with van der Waals surface area (Å²) in [5, 5.41) is 3.32. The number of nitrogens with one attached hydrogen (secondary N) is 2. The molecule has 1 aliphatic rings. The van der Waals surface area contributed by atoms with Crippen molar-refractivity contribution in [3.63, 3.8) is 0 Å². The third-order valence-electron chi connectivity index (χ3n) is 2.96. The second-order valence-corrected chi connectivity index (χ2v) is 4.48. The van der Waals surface area contributed by atoms with Gasteiger partial charge >= 0.3 is 0 Å². The van der Waals surface area contributed by atoms with Crippen LogP contribution in [-0.4, -0.2) is 28.7 Å². The van der Waals surface area contributed by atoms with Crippen molar-refractivity contribution < 1.29 is 4.74 Å². The van der Waals surface area contributed by atoms with Gasteiger partial charge in [-0.1, -0.05) is 6.92 Å². The van der Waals surface area contributed by atoms with Gasteiger partial charge in [-0.3, -0.25) is 4.79 Å². The van der Waals surface area contributed by atoms with E-state index in [0.29, 0.717) is 11.9 Å². The highest BCUT2D eigenvalue weighted by Gasteiger charge is 2.19. The maximum Gasteiger partial charge on any atom is 0.252 e. The van der Waals surface area contributed by atoms with Crippen LogP contribution in [0.5, 0.6) is 0 Å². The van der Waals surface area contributed by atoms with Gasteiger partial charge in [-0.25, -0.2) is 4.98 Å². The molecule has 2 unspecified atom stereocenters. The molecule has 1 aromatic rings. The highest BCUT2D eigenvalue weighted by Crippen LogP contribution is 2.16. The summed E-state index contributed by atoms with van der Waals surface area (Å²) in [6, 6.07) is 1.86. The molecular formula is C12H19N3O2. The number of aromatic nitrogens is 2. The molecule has 1 aromatic heterocycles. The summed E-state index contributed by atoms with van der Waals surface area (Å²) in [6.07, 6.45) is 2.92. The van der Waals surface area contributed by atoms with Crippen LogP contribution in [0.1, 0.15) is 32.5 Å². The standard InChI is InChI=1S/C12H19N3O2/c1-3-10-14-11(7-12(16)15-10)13-9-4-5-17-8(2)6-9/h7-9H,3-6H2,1-2H3,(H2,13,14,15,16). The molecule has 0 radical (unpaired) electrons. The predicted octanol–water partition coefficient (Wildman–Crippen LogP) is 1.31. The van der Waals surface area contributed by atoms with Gasteiger partial charge in [0.05, 0.1) is 6.10 Å². The van der Waals surface area contributed by atoms with Crippen LogP contribution in [0.25, 0.3) is 0 Å². The quantitative estimate of drug-likeness (QED) is 0.832. The van der Waals surface area contributed by atoms with E-state index in [1.807, 2.05) is 6.92 Å². The zero-order valence-electron chi connectivity index (χ0n) is 10.3. The van der Waals surface area contributed by atoms with E-state index in [2.05, 4.69) is 22.2 Å². The fourth-order valence-electron chi connectivity index (χ4n) is 2.09. The minimum absolute atomic E-state index is 0.0977. The number of anilines is 1. The highest BCUT2D eigenvalue weighted by atomic mass is 16.5. The molecule has 5 nitrogen and oxygen atoms in total. The van der Waals surface area contributed by atoms with Crippen molar-refractivity contribution in [2.24, 2.45) is 0 Å². The summed E-state index contributed by atoms with van der Waals surface area (Å²) in [5.74, 6) is 1.39. The number of hydrogen-bond acceptors (Lipinski definition) is 4. The monoisotopic (exact) mass is 237 g/mol. The molecule has 0 bridgehead atoms. The van der Waals surface area contributed by atoms with E-state index in [1.54, 1.807) is 0 Å². The minimum atomic E-state index is -0.0977. The smallest absolute Gasteiger partial charge is 0.252 e. The molecule has 94 valence electrons. The number of hydrogen-bond donors (Lipinski definition) is 2. The Morgan fingerprint density at radius 1 is 1.65 bits per heavy atom. The molecule has 0 spiro atoms. The SMILES string of the molecule is CCc1nc(NC2CCOC(C)C2)cc(=O)[nH]1. The Morgan fingerprint density at radius 3 is 3.18 bits per heavy atom. The Labute approximate surface area is 101 Å². The van der Waals surface area contributed by atoms with E-state index < -0.39 is 0 Å². The van der Waals surface area contributed by atoms with Crippen LogP contribution in [-0.2, 0) is 11.2 Å². The summed E-state index contributed by atoms with van der Waals surface area (Å²) in [6.45, 7) is 4.80. The Balaban J connectivity index is 2.07. The van der Waals surface area contributed by atoms with E-state index in [4.69, 9.17) is 4.74 Å². The van der Waals surface area contributed by atoms with Gasteiger partial charge in [-0.2, -0.15) is 0 Å². The molecule has 2 N–H and O–H groups in total. The van der Waals surface area contributed by atoms with E-state index in [9.17, 15) is 4.79 Å². The van der Waals surface area contributed by atoms with Crippen LogP contribution >= 0.6 is 0 Å². The van der Waals surface area contributed by atoms with Gasteiger partial charge in [0.25, 0.3) is 5.56 Å². The predicted molar refractivity (Wildman–Crippen MR) is 66.3 cm³/mol. The van der Waals surface area contributed by atoms with Gasteiger partial charge in [-0.15, -0.1) is 0 Å².